The first-order valence-electron chi connectivity index (χ1n) is 7.94. The van der Waals surface area contributed by atoms with E-state index in [-0.39, 0.29) is 12.0 Å². The molecule has 0 aliphatic carbocycles. The van der Waals surface area contributed by atoms with Crippen LogP contribution in [0.25, 0.3) is 11.0 Å². The predicted molar refractivity (Wildman–Crippen MR) is 86.0 cm³/mol. The zero-order valence-corrected chi connectivity index (χ0v) is 13.5. The zero-order valence-electron chi connectivity index (χ0n) is 13.5. The Hall–Kier alpha value is -1.81. The van der Waals surface area contributed by atoms with E-state index in [0.29, 0.717) is 25.6 Å². The lowest BCUT2D eigenvalue weighted by molar-refractivity contribution is -0.0297. The molecule has 22 heavy (non-hydrogen) atoms. The van der Waals surface area contributed by atoms with Crippen LogP contribution in [0.1, 0.15) is 36.4 Å². The third-order valence-corrected chi connectivity index (χ3v) is 4.05. The normalized spacial score (nSPS) is 19.1. The number of hydrogen-bond acceptors (Lipinski definition) is 3. The van der Waals surface area contributed by atoms with E-state index in [9.17, 15) is 4.79 Å². The van der Waals surface area contributed by atoms with Crippen LogP contribution in [0.4, 0.5) is 0 Å². The van der Waals surface area contributed by atoms with Crippen LogP contribution in [0.2, 0.25) is 0 Å². The molecule has 118 valence electrons. The Bertz CT molecular complexity index is 674. The second-order valence-electron chi connectivity index (χ2n) is 6.48. The Morgan fingerprint density at radius 2 is 2.18 bits per heavy atom. The fourth-order valence-electron chi connectivity index (χ4n) is 3.06. The van der Waals surface area contributed by atoms with Gasteiger partial charge in [-0.25, -0.2) is 0 Å². The van der Waals surface area contributed by atoms with E-state index in [0.717, 1.165) is 28.7 Å². The van der Waals surface area contributed by atoms with Crippen LogP contribution in [0.15, 0.2) is 28.7 Å². The molecule has 0 spiro atoms. The molecular formula is C18H23NO3. The summed E-state index contributed by atoms with van der Waals surface area (Å²) in [7, 11) is 0. The number of benzene rings is 1. The van der Waals surface area contributed by atoms with E-state index in [2.05, 4.69) is 13.8 Å². The second-order valence-corrected chi connectivity index (χ2v) is 6.48. The molecule has 1 saturated heterocycles. The molecular weight excluding hydrogens is 278 g/mol. The summed E-state index contributed by atoms with van der Waals surface area (Å²) in [6.07, 6.45) is 1.14. The van der Waals surface area contributed by atoms with Crippen LogP contribution in [0.3, 0.4) is 0 Å². The number of ether oxygens (including phenoxy) is 1. The minimum atomic E-state index is 0.0813. The van der Waals surface area contributed by atoms with Gasteiger partial charge in [0.1, 0.15) is 11.3 Å². The first-order valence-corrected chi connectivity index (χ1v) is 7.94. The third kappa shape index (κ3) is 3.17. The van der Waals surface area contributed by atoms with Gasteiger partial charge in [-0.1, -0.05) is 13.8 Å². The van der Waals surface area contributed by atoms with E-state index in [1.54, 1.807) is 0 Å². The number of rotatable bonds is 3. The summed E-state index contributed by atoms with van der Waals surface area (Å²) < 4.78 is 11.3. The Balaban J connectivity index is 1.76. The molecule has 1 aromatic heterocycles. The number of fused-ring (bicyclic) bond motifs is 1. The highest BCUT2D eigenvalue weighted by Crippen LogP contribution is 2.22. The molecule has 1 aliphatic rings. The Morgan fingerprint density at radius 3 is 2.95 bits per heavy atom. The summed E-state index contributed by atoms with van der Waals surface area (Å²) >= 11 is 0. The maximum atomic E-state index is 12.7. The van der Waals surface area contributed by atoms with Crippen LogP contribution in [0.5, 0.6) is 0 Å². The molecule has 0 radical (unpaired) electrons. The molecule has 4 nitrogen and oxygen atoms in total. The van der Waals surface area contributed by atoms with Gasteiger partial charge in [-0.05, 0) is 43.5 Å². The SMILES string of the molecule is Cc1cc2cc(C(=O)N3CCO[C@H](CC(C)C)C3)ccc2o1. The smallest absolute Gasteiger partial charge is 0.254 e. The highest BCUT2D eigenvalue weighted by molar-refractivity contribution is 5.97. The summed E-state index contributed by atoms with van der Waals surface area (Å²) in [5.41, 5.74) is 1.55. The highest BCUT2D eigenvalue weighted by Gasteiger charge is 2.25. The summed E-state index contributed by atoms with van der Waals surface area (Å²) in [5, 5.41) is 0.982. The molecule has 3 rings (SSSR count). The Labute approximate surface area is 131 Å². The van der Waals surface area contributed by atoms with Gasteiger partial charge in [0, 0.05) is 24.0 Å². The van der Waals surface area contributed by atoms with Crippen molar-refractivity contribution in [3.63, 3.8) is 0 Å². The predicted octanol–water partition coefficient (Wildman–Crippen LogP) is 3.63. The average Bonchev–Trinajstić information content (AvgIpc) is 2.85. The van der Waals surface area contributed by atoms with E-state index in [4.69, 9.17) is 9.15 Å². The van der Waals surface area contributed by atoms with Gasteiger partial charge in [0.2, 0.25) is 0 Å². The minimum Gasteiger partial charge on any atom is -0.461 e. The summed E-state index contributed by atoms with van der Waals surface area (Å²) in [5.74, 6) is 1.52. The lowest BCUT2D eigenvalue weighted by Gasteiger charge is -2.33. The third-order valence-electron chi connectivity index (χ3n) is 4.05. The number of morpholine rings is 1. The Morgan fingerprint density at radius 1 is 1.36 bits per heavy atom. The molecule has 1 fully saturated rings. The lowest BCUT2D eigenvalue weighted by atomic mass is 10.0. The lowest BCUT2D eigenvalue weighted by Crippen LogP contribution is -2.46. The van der Waals surface area contributed by atoms with Crippen molar-refractivity contribution in [2.24, 2.45) is 5.92 Å². The number of carbonyl (C=O) groups is 1. The van der Waals surface area contributed by atoms with Crippen molar-refractivity contribution in [1.29, 1.82) is 0 Å². The summed E-state index contributed by atoms with van der Waals surface area (Å²) in [6.45, 7) is 8.24. The van der Waals surface area contributed by atoms with Crippen molar-refractivity contribution in [3.8, 4) is 0 Å². The molecule has 0 saturated carbocycles. The molecule has 0 bridgehead atoms. The number of nitrogens with zero attached hydrogens (tertiary/aromatic N) is 1. The molecule has 1 aliphatic heterocycles. The second kappa shape index (κ2) is 6.13. The number of aryl methyl sites for hydroxylation is 1. The van der Waals surface area contributed by atoms with Crippen molar-refractivity contribution in [1.82, 2.24) is 4.90 Å². The van der Waals surface area contributed by atoms with Crippen LogP contribution in [0, 0.1) is 12.8 Å². The van der Waals surface area contributed by atoms with Gasteiger partial charge in [-0.3, -0.25) is 4.79 Å². The fraction of sp³-hybridized carbons (Fsp3) is 0.500. The standard InChI is InChI=1S/C18H23NO3/c1-12(2)8-16-11-19(6-7-21-16)18(20)14-4-5-17-15(10-14)9-13(3)22-17/h4-5,9-10,12,16H,6-8,11H2,1-3H3/t16-/m1/s1. The average molecular weight is 301 g/mol. The quantitative estimate of drug-likeness (QED) is 0.869. The maximum Gasteiger partial charge on any atom is 0.254 e. The first kappa shape index (κ1) is 15.1. The summed E-state index contributed by atoms with van der Waals surface area (Å²) in [4.78, 5) is 14.6. The van der Waals surface area contributed by atoms with E-state index in [1.165, 1.54) is 0 Å². The van der Waals surface area contributed by atoms with Crippen molar-refractivity contribution in [2.75, 3.05) is 19.7 Å². The molecule has 0 N–H and O–H groups in total. The monoisotopic (exact) mass is 301 g/mol. The van der Waals surface area contributed by atoms with Crippen molar-refractivity contribution in [3.05, 3.63) is 35.6 Å². The van der Waals surface area contributed by atoms with E-state index < -0.39 is 0 Å². The van der Waals surface area contributed by atoms with Crippen LogP contribution >= 0.6 is 0 Å². The van der Waals surface area contributed by atoms with Crippen LogP contribution in [-0.4, -0.2) is 36.6 Å². The number of carbonyl (C=O) groups excluding carboxylic acids is 1. The largest absolute Gasteiger partial charge is 0.461 e. The van der Waals surface area contributed by atoms with E-state index in [1.807, 2.05) is 36.1 Å². The summed E-state index contributed by atoms with van der Waals surface area (Å²) in [6, 6.07) is 7.61. The molecule has 1 atom stereocenters. The van der Waals surface area contributed by atoms with Gasteiger partial charge in [-0.2, -0.15) is 0 Å². The molecule has 2 aromatic rings. The molecule has 1 aromatic carbocycles. The first-order chi connectivity index (χ1) is 10.5. The van der Waals surface area contributed by atoms with Crippen molar-refractivity contribution < 1.29 is 13.9 Å². The molecule has 1 amide bonds. The fourth-order valence-corrected chi connectivity index (χ4v) is 3.06. The Kier molecular flexibility index (Phi) is 4.21. The van der Waals surface area contributed by atoms with Crippen LogP contribution < -0.4 is 0 Å². The highest BCUT2D eigenvalue weighted by atomic mass is 16.5. The minimum absolute atomic E-state index is 0.0813. The maximum absolute atomic E-state index is 12.7. The van der Waals surface area contributed by atoms with Gasteiger partial charge in [-0.15, -0.1) is 0 Å². The molecule has 4 heteroatoms. The van der Waals surface area contributed by atoms with Crippen molar-refractivity contribution in [2.45, 2.75) is 33.3 Å². The number of furan rings is 1. The van der Waals surface area contributed by atoms with Crippen molar-refractivity contribution >= 4 is 16.9 Å². The van der Waals surface area contributed by atoms with E-state index >= 15 is 0 Å². The number of hydrogen-bond donors (Lipinski definition) is 0. The van der Waals surface area contributed by atoms with Crippen LogP contribution in [-0.2, 0) is 4.74 Å². The molecule has 2 heterocycles. The van der Waals surface area contributed by atoms with Gasteiger partial charge >= 0.3 is 0 Å². The topological polar surface area (TPSA) is 42.7 Å². The molecule has 0 unspecified atom stereocenters. The zero-order chi connectivity index (χ0) is 15.7. The van der Waals surface area contributed by atoms with Gasteiger partial charge in [0.15, 0.2) is 0 Å². The van der Waals surface area contributed by atoms with Gasteiger partial charge < -0.3 is 14.1 Å². The van der Waals surface area contributed by atoms with Gasteiger partial charge in [0.25, 0.3) is 5.91 Å². The van der Waals surface area contributed by atoms with Gasteiger partial charge in [0.05, 0.1) is 12.7 Å². The number of amides is 1.